The molecule has 0 saturated carbocycles. The maximum atomic E-state index is 13.3. The number of alkyl halides is 3. The maximum Gasteiger partial charge on any atom is 0.418 e. The Kier molecular flexibility index (Phi) is 5.88. The zero-order chi connectivity index (χ0) is 22.1. The standard InChI is InChI=1S/C20H14F3NO5S/c1-11(18(26)27)29-13-8-6-12(7-9-13)10-16-17(25)24(19(28)30-16)15-5-3-2-4-14(15)20(21,22)23/h2-11H,1H3,(H,26,27)/b16-10+. The molecule has 6 nitrogen and oxygen atoms in total. The first kappa shape index (κ1) is 21.4. The second-order valence-electron chi connectivity index (χ2n) is 6.20. The van der Waals surface area contributed by atoms with Gasteiger partial charge in [-0.2, -0.15) is 13.2 Å². The minimum absolute atomic E-state index is 0.0375. The van der Waals surface area contributed by atoms with E-state index in [2.05, 4.69) is 0 Å². The molecule has 10 heteroatoms. The molecule has 0 bridgehead atoms. The topological polar surface area (TPSA) is 83.9 Å². The highest BCUT2D eigenvalue weighted by molar-refractivity contribution is 8.19. The zero-order valence-corrected chi connectivity index (χ0v) is 16.2. The van der Waals surface area contributed by atoms with Gasteiger partial charge in [0, 0.05) is 0 Å². The first-order chi connectivity index (χ1) is 14.1. The Labute approximate surface area is 172 Å². The molecule has 1 unspecified atom stereocenters. The molecule has 30 heavy (non-hydrogen) atoms. The average molecular weight is 437 g/mol. The molecule has 156 valence electrons. The number of nitrogens with zero attached hydrogens (tertiary/aromatic N) is 1. The summed E-state index contributed by atoms with van der Waals surface area (Å²) in [5, 5.41) is 8.01. The Bertz CT molecular complexity index is 1030. The summed E-state index contributed by atoms with van der Waals surface area (Å²) >= 11 is 0.532. The molecule has 1 saturated heterocycles. The number of carboxylic acid groups (broad SMARTS) is 1. The highest BCUT2D eigenvalue weighted by atomic mass is 32.2. The van der Waals surface area contributed by atoms with Crippen LogP contribution in [0.1, 0.15) is 18.1 Å². The molecule has 1 atom stereocenters. The van der Waals surface area contributed by atoms with Gasteiger partial charge in [-0.1, -0.05) is 24.3 Å². The second-order valence-corrected chi connectivity index (χ2v) is 7.19. The second kappa shape index (κ2) is 8.23. The van der Waals surface area contributed by atoms with Crippen LogP contribution in [0.4, 0.5) is 23.7 Å². The molecule has 1 aliphatic heterocycles. The molecule has 0 aliphatic carbocycles. The fraction of sp³-hybridized carbons (Fsp3) is 0.150. The van der Waals surface area contributed by atoms with E-state index < -0.39 is 40.6 Å². The van der Waals surface area contributed by atoms with Crippen LogP contribution in [0.15, 0.2) is 53.4 Å². The van der Waals surface area contributed by atoms with Crippen molar-refractivity contribution in [1.29, 1.82) is 0 Å². The van der Waals surface area contributed by atoms with Gasteiger partial charge in [-0.3, -0.25) is 9.59 Å². The predicted molar refractivity (Wildman–Crippen MR) is 104 cm³/mol. The van der Waals surface area contributed by atoms with Crippen LogP contribution in [0.5, 0.6) is 5.75 Å². The summed E-state index contributed by atoms with van der Waals surface area (Å²) in [4.78, 5) is 36.2. The lowest BCUT2D eigenvalue weighted by Gasteiger charge is -2.18. The van der Waals surface area contributed by atoms with Crippen LogP contribution < -0.4 is 9.64 Å². The van der Waals surface area contributed by atoms with Crippen molar-refractivity contribution in [3.8, 4) is 5.75 Å². The van der Waals surface area contributed by atoms with E-state index in [-0.39, 0.29) is 10.7 Å². The molecule has 2 amide bonds. The van der Waals surface area contributed by atoms with Crippen LogP contribution in [0, 0.1) is 0 Å². The first-order valence-corrected chi connectivity index (χ1v) is 9.33. The Hall–Kier alpha value is -3.27. The number of hydrogen-bond donors (Lipinski definition) is 1. The number of thioether (sulfide) groups is 1. The quantitative estimate of drug-likeness (QED) is 0.677. The van der Waals surface area contributed by atoms with Crippen LogP contribution in [0.25, 0.3) is 6.08 Å². The fourth-order valence-electron chi connectivity index (χ4n) is 2.63. The van der Waals surface area contributed by atoms with Crippen molar-refractivity contribution in [2.24, 2.45) is 0 Å². The largest absolute Gasteiger partial charge is 0.479 e. The van der Waals surface area contributed by atoms with Crippen molar-refractivity contribution in [3.63, 3.8) is 0 Å². The van der Waals surface area contributed by atoms with Gasteiger partial charge in [0.1, 0.15) is 5.75 Å². The third-order valence-electron chi connectivity index (χ3n) is 4.08. The van der Waals surface area contributed by atoms with Crippen molar-refractivity contribution in [3.05, 3.63) is 64.6 Å². The molecule has 0 radical (unpaired) electrons. The van der Waals surface area contributed by atoms with Gasteiger partial charge < -0.3 is 9.84 Å². The number of para-hydroxylation sites is 1. The van der Waals surface area contributed by atoms with Crippen LogP contribution >= 0.6 is 11.8 Å². The maximum absolute atomic E-state index is 13.3. The Morgan fingerprint density at radius 1 is 1.13 bits per heavy atom. The van der Waals surface area contributed by atoms with E-state index in [0.717, 1.165) is 12.1 Å². The lowest BCUT2D eigenvalue weighted by atomic mass is 10.1. The number of rotatable bonds is 5. The van der Waals surface area contributed by atoms with Crippen LogP contribution in [-0.4, -0.2) is 28.3 Å². The summed E-state index contributed by atoms with van der Waals surface area (Å²) in [6, 6.07) is 10.4. The number of hydrogen-bond acceptors (Lipinski definition) is 5. The highest BCUT2D eigenvalue weighted by Crippen LogP contribution is 2.42. The highest BCUT2D eigenvalue weighted by Gasteiger charge is 2.42. The third kappa shape index (κ3) is 4.48. The average Bonchev–Trinajstić information content (AvgIpc) is 2.95. The molecule has 2 aromatic carbocycles. The summed E-state index contributed by atoms with van der Waals surface area (Å²) < 4.78 is 45.0. The van der Waals surface area contributed by atoms with Crippen LogP contribution in [0.3, 0.4) is 0 Å². The minimum Gasteiger partial charge on any atom is -0.479 e. The molecule has 2 aromatic rings. The van der Waals surface area contributed by atoms with E-state index >= 15 is 0 Å². The van der Waals surface area contributed by atoms with Crippen molar-refractivity contribution >= 4 is 40.6 Å². The van der Waals surface area contributed by atoms with Gasteiger partial charge in [0.2, 0.25) is 0 Å². The van der Waals surface area contributed by atoms with Crippen molar-refractivity contribution in [1.82, 2.24) is 0 Å². The number of carbonyl (C=O) groups excluding carboxylic acids is 2. The van der Waals surface area contributed by atoms with E-state index in [1.807, 2.05) is 0 Å². The minimum atomic E-state index is -4.72. The molecular weight excluding hydrogens is 423 g/mol. The molecule has 1 heterocycles. The first-order valence-electron chi connectivity index (χ1n) is 8.51. The van der Waals surface area contributed by atoms with E-state index in [4.69, 9.17) is 9.84 Å². The van der Waals surface area contributed by atoms with Crippen molar-refractivity contribution < 1.29 is 37.4 Å². The smallest absolute Gasteiger partial charge is 0.418 e. The Morgan fingerprint density at radius 3 is 2.37 bits per heavy atom. The lowest BCUT2D eigenvalue weighted by molar-refractivity contribution is -0.144. The van der Waals surface area contributed by atoms with Gasteiger partial charge in [-0.05, 0) is 54.6 Å². The third-order valence-corrected chi connectivity index (χ3v) is 4.95. The monoisotopic (exact) mass is 437 g/mol. The molecule has 3 rings (SSSR count). The van der Waals surface area contributed by atoms with Crippen molar-refractivity contribution in [2.45, 2.75) is 19.2 Å². The van der Waals surface area contributed by atoms with Gasteiger partial charge in [-0.25, -0.2) is 9.69 Å². The number of carbonyl (C=O) groups is 3. The van der Waals surface area contributed by atoms with Gasteiger partial charge >= 0.3 is 12.1 Å². The SMILES string of the molecule is CC(Oc1ccc(/C=C2/SC(=O)N(c3ccccc3C(F)(F)F)C2=O)cc1)C(=O)O. The number of ether oxygens (including phenoxy) is 1. The van der Waals surface area contributed by atoms with Crippen LogP contribution in [0.2, 0.25) is 0 Å². The number of anilines is 1. The number of halogens is 3. The molecule has 1 N–H and O–H groups in total. The number of benzene rings is 2. The van der Waals surface area contributed by atoms with Gasteiger partial charge in [0.15, 0.2) is 6.10 Å². The normalized spacial score (nSPS) is 16.8. The van der Waals surface area contributed by atoms with Gasteiger partial charge in [-0.15, -0.1) is 0 Å². The lowest BCUT2D eigenvalue weighted by Crippen LogP contribution is -2.30. The molecule has 1 aliphatic rings. The van der Waals surface area contributed by atoms with Gasteiger partial charge in [0.25, 0.3) is 11.1 Å². The van der Waals surface area contributed by atoms with Gasteiger partial charge in [0.05, 0.1) is 16.2 Å². The number of amides is 2. The molecular formula is C20H14F3NO5S. The summed E-state index contributed by atoms with van der Waals surface area (Å²) in [6.07, 6.45) is -4.41. The van der Waals surface area contributed by atoms with E-state index in [1.165, 1.54) is 49.4 Å². The number of carboxylic acids is 1. The summed E-state index contributed by atoms with van der Waals surface area (Å²) in [6.45, 7) is 1.37. The summed E-state index contributed by atoms with van der Waals surface area (Å²) in [7, 11) is 0. The van der Waals surface area contributed by atoms with E-state index in [1.54, 1.807) is 0 Å². The van der Waals surface area contributed by atoms with E-state index in [0.29, 0.717) is 22.2 Å². The number of imide groups is 1. The number of aliphatic carboxylic acids is 1. The van der Waals surface area contributed by atoms with Crippen molar-refractivity contribution in [2.75, 3.05) is 4.90 Å². The van der Waals surface area contributed by atoms with Crippen LogP contribution in [-0.2, 0) is 15.8 Å². The Balaban J connectivity index is 1.85. The fourth-order valence-corrected chi connectivity index (χ4v) is 3.47. The Morgan fingerprint density at radius 2 is 1.77 bits per heavy atom. The predicted octanol–water partition coefficient (Wildman–Crippen LogP) is 4.80. The van der Waals surface area contributed by atoms with E-state index in [9.17, 15) is 27.6 Å². The molecule has 0 aromatic heterocycles. The summed E-state index contributed by atoms with van der Waals surface area (Å²) in [5.74, 6) is -1.71. The molecule has 1 fully saturated rings. The summed E-state index contributed by atoms with van der Waals surface area (Å²) in [5.41, 5.74) is -1.12. The zero-order valence-electron chi connectivity index (χ0n) is 15.3. The molecule has 0 spiro atoms.